The number of rotatable bonds is 13. The Balaban J connectivity index is 0.00000106. The minimum atomic E-state index is -3.39. The maximum absolute atomic E-state index is 12.2. The maximum atomic E-state index is 12.2. The molecule has 0 aliphatic carbocycles. The summed E-state index contributed by atoms with van der Waals surface area (Å²) in [6, 6.07) is 54.2. The number of carbonyl (C=O) groups excluding carboxylic acids is 3. The summed E-state index contributed by atoms with van der Waals surface area (Å²) >= 11 is -3.39. The molecule has 2 atom stereocenters. The van der Waals surface area contributed by atoms with Crippen LogP contribution in [0.15, 0.2) is 183 Å². The number of aldehydes is 1. The third-order valence-corrected chi connectivity index (χ3v) is 11.7. The van der Waals surface area contributed by atoms with Crippen LogP contribution >= 0.6 is 34.3 Å². The molecular formula is C65H82Cl4HfO8Si. The van der Waals surface area contributed by atoms with Crippen molar-refractivity contribution < 1.29 is 53.3 Å². The molecule has 8 nitrogen and oxygen atoms in total. The summed E-state index contributed by atoms with van der Waals surface area (Å²) in [7, 11) is 24.2. The van der Waals surface area contributed by atoms with Crippen molar-refractivity contribution >= 4 is 66.7 Å². The molecule has 14 heteroatoms. The van der Waals surface area contributed by atoms with Gasteiger partial charge in [-0.3, -0.25) is 14.4 Å². The fraction of sp³-hybridized carbons (Fsp3) is 0.308. The van der Waals surface area contributed by atoms with Crippen LogP contribution in [-0.2, 0) is 29.6 Å². The van der Waals surface area contributed by atoms with Crippen LogP contribution in [0.2, 0.25) is 25.7 Å². The van der Waals surface area contributed by atoms with Crippen molar-refractivity contribution in [3.05, 3.63) is 210 Å². The summed E-state index contributed by atoms with van der Waals surface area (Å²) in [5, 5.41) is 0. The first-order valence-corrected chi connectivity index (χ1v) is 47.1. The molecule has 0 saturated carbocycles. The quantitative estimate of drug-likeness (QED) is 0.0282. The van der Waals surface area contributed by atoms with Crippen molar-refractivity contribution in [3.8, 4) is 35.0 Å². The zero-order valence-electron chi connectivity index (χ0n) is 48.7. The van der Waals surface area contributed by atoms with Crippen LogP contribution in [0.3, 0.4) is 0 Å². The van der Waals surface area contributed by atoms with Crippen molar-refractivity contribution in [1.82, 2.24) is 0 Å². The third-order valence-electron chi connectivity index (χ3n) is 10.2. The molecule has 6 aromatic rings. The van der Waals surface area contributed by atoms with Gasteiger partial charge in [0.2, 0.25) is 0 Å². The number of methoxy groups -OCH3 is 3. The van der Waals surface area contributed by atoms with Gasteiger partial charge in [-0.1, -0.05) is 161 Å². The Labute approximate surface area is 493 Å². The molecule has 0 fully saturated rings. The normalized spacial score (nSPS) is 11.2. The first-order chi connectivity index (χ1) is 37.2. The van der Waals surface area contributed by atoms with Crippen LogP contribution in [0.4, 0.5) is 0 Å². The SMILES string of the molecule is C=CC(c1ccccc1)C(c1ccc(OC)cc1)c1ccc(OC(=O)C(C)(C)C)cc1.CC.CC#COC.CC(C)(C)C(=O)Oc1ccc(C=O)cc1.COc1ccccc1.C[Si](C)(C)C/C=C/c1ccccc1.[Cl][Hf]([Cl])([Cl])[Cl]. The predicted octanol–water partition coefficient (Wildman–Crippen LogP) is 19.3. The monoisotopic (exact) mass is 1340 g/mol. The molecule has 426 valence electrons. The van der Waals surface area contributed by atoms with Gasteiger partial charge in [0, 0.05) is 32.4 Å². The zero-order valence-corrected chi connectivity index (χ0v) is 56.4. The number of hydrogen-bond donors (Lipinski definition) is 0. The van der Waals surface area contributed by atoms with Gasteiger partial charge in [-0.2, -0.15) is 0 Å². The molecule has 79 heavy (non-hydrogen) atoms. The number of halogens is 4. The number of esters is 2. The molecule has 0 aromatic heterocycles. The van der Waals surface area contributed by atoms with E-state index in [-0.39, 0.29) is 23.8 Å². The zero-order chi connectivity index (χ0) is 60.1. The van der Waals surface area contributed by atoms with E-state index in [4.69, 9.17) is 53.3 Å². The third kappa shape index (κ3) is 35.1. The van der Waals surface area contributed by atoms with E-state index in [1.165, 1.54) is 24.3 Å². The van der Waals surface area contributed by atoms with Gasteiger partial charge >= 0.3 is 61.5 Å². The Kier molecular flexibility index (Phi) is 37.2. The number of ether oxygens (including phenoxy) is 5. The van der Waals surface area contributed by atoms with E-state index in [2.05, 4.69) is 110 Å². The van der Waals surface area contributed by atoms with E-state index < -0.39 is 34.1 Å². The molecule has 0 saturated heterocycles. The number of benzene rings is 6. The Morgan fingerprint density at radius 3 is 1.25 bits per heavy atom. The molecule has 0 N–H and O–H groups in total. The first kappa shape index (κ1) is 73.6. The molecule has 0 aliphatic heterocycles. The number of carbonyl (C=O) groups is 3. The van der Waals surface area contributed by atoms with Gasteiger partial charge in [0.25, 0.3) is 0 Å². The molecule has 0 spiro atoms. The Hall–Kier alpha value is -5.38. The molecule has 0 amide bonds. The predicted molar refractivity (Wildman–Crippen MR) is 335 cm³/mol. The van der Waals surface area contributed by atoms with E-state index in [0.29, 0.717) is 17.1 Å². The minimum absolute atomic E-state index is 0.0539. The Morgan fingerprint density at radius 2 is 0.937 bits per heavy atom. The first-order valence-electron chi connectivity index (χ1n) is 25.6. The average molecular weight is 1340 g/mol. The van der Waals surface area contributed by atoms with Gasteiger partial charge in [-0.05, 0) is 131 Å². The van der Waals surface area contributed by atoms with Crippen molar-refractivity contribution in [1.29, 1.82) is 0 Å². The van der Waals surface area contributed by atoms with Crippen LogP contribution < -0.4 is 18.9 Å². The fourth-order valence-electron chi connectivity index (χ4n) is 6.21. The Bertz CT molecular complexity index is 2680. The van der Waals surface area contributed by atoms with E-state index in [9.17, 15) is 14.4 Å². The molecule has 6 aromatic carbocycles. The topological polar surface area (TPSA) is 97.4 Å². The van der Waals surface area contributed by atoms with E-state index in [0.717, 1.165) is 28.9 Å². The van der Waals surface area contributed by atoms with Gasteiger partial charge in [0.1, 0.15) is 35.4 Å². The van der Waals surface area contributed by atoms with Gasteiger partial charge in [0.05, 0.1) is 32.2 Å². The number of allylic oxidation sites excluding steroid dienone is 2. The molecule has 0 aliphatic rings. The molecular weight excluding hydrogens is 1260 g/mol. The molecule has 2 unspecified atom stereocenters. The van der Waals surface area contributed by atoms with Crippen LogP contribution in [-0.4, -0.2) is 47.6 Å². The summed E-state index contributed by atoms with van der Waals surface area (Å²) in [4.78, 5) is 34.1. The van der Waals surface area contributed by atoms with Crippen molar-refractivity contribution in [3.63, 3.8) is 0 Å². The standard InChI is InChI=1S/C28H30O3.C12H14O3.C12H18Si.C7H8O.C4H6O.C2H6.4ClH.Hf/c1-6-25(20-10-8-7-9-11-20)26(21-12-16-23(30-5)17-13-21)22-14-18-24(19-15-22)31-27(29)28(2,3)4;1-12(2,3)11(14)15-10-6-4-9(8-13)5-7-10;1-13(2,3)11-7-10-12-8-5-4-6-9-12;1-8-7-5-3-2-4-6-7;1-3-4-5-2;1-2;;;;;/h6-19,25-26H,1H2,2-5H3;4-8H,1-3H3;4-10H,11H2,1-3H3;2-6H,1H3;1-2H3;1-2H3;4*1H;/q;;;;;;;;;;+4/p-4/b;;10-7+;;;;;;;;. The molecule has 0 bridgehead atoms. The second-order valence-electron chi connectivity index (χ2n) is 20.0. The van der Waals surface area contributed by atoms with Crippen molar-refractivity contribution in [2.24, 2.45) is 10.8 Å². The number of hydrogen-bond acceptors (Lipinski definition) is 8. The van der Waals surface area contributed by atoms with E-state index >= 15 is 0 Å². The van der Waals surface area contributed by atoms with Gasteiger partial charge < -0.3 is 23.7 Å². The molecule has 0 heterocycles. The fourth-order valence-corrected chi connectivity index (χ4v) is 7.03. The average Bonchev–Trinajstić information content (AvgIpc) is 3.42. The summed E-state index contributed by atoms with van der Waals surface area (Å²) < 4.78 is 25.3. The summed E-state index contributed by atoms with van der Waals surface area (Å²) in [5.74, 6) is 4.88. The van der Waals surface area contributed by atoms with Gasteiger partial charge in [-0.15, -0.1) is 6.58 Å². The van der Waals surface area contributed by atoms with Gasteiger partial charge in [-0.25, -0.2) is 0 Å². The van der Waals surface area contributed by atoms with E-state index in [1.54, 1.807) is 66.2 Å². The van der Waals surface area contributed by atoms with E-state index in [1.807, 2.05) is 126 Å². The number of para-hydroxylation sites is 1. The van der Waals surface area contributed by atoms with Gasteiger partial charge in [0.15, 0.2) is 0 Å². The second kappa shape index (κ2) is 39.9. The van der Waals surface area contributed by atoms with Crippen LogP contribution in [0.5, 0.6) is 23.0 Å². The van der Waals surface area contributed by atoms with Crippen LogP contribution in [0.25, 0.3) is 6.08 Å². The summed E-state index contributed by atoms with van der Waals surface area (Å²) in [6.07, 6.45) is 9.63. The summed E-state index contributed by atoms with van der Waals surface area (Å²) in [5.41, 5.74) is 4.27. The Morgan fingerprint density at radius 1 is 0.570 bits per heavy atom. The molecule has 0 radical (unpaired) electrons. The van der Waals surface area contributed by atoms with Crippen molar-refractivity contribution in [2.75, 3.05) is 21.3 Å². The van der Waals surface area contributed by atoms with Crippen molar-refractivity contribution in [2.45, 2.75) is 99.8 Å². The summed E-state index contributed by atoms with van der Waals surface area (Å²) in [6.45, 7) is 27.9. The van der Waals surface area contributed by atoms with Crippen LogP contribution in [0.1, 0.15) is 107 Å². The molecule has 6 rings (SSSR count). The van der Waals surface area contributed by atoms with Crippen LogP contribution in [0, 0.1) is 22.9 Å². The second-order valence-corrected chi connectivity index (χ2v) is 56.7.